The van der Waals surface area contributed by atoms with E-state index in [0.29, 0.717) is 10.6 Å². The highest BCUT2D eigenvalue weighted by Gasteiger charge is 2.34. The summed E-state index contributed by atoms with van der Waals surface area (Å²) >= 11 is 0. The summed E-state index contributed by atoms with van der Waals surface area (Å²) in [4.78, 5) is 22.9. The maximum atomic E-state index is 12.8. The number of rotatable bonds is 3. The molecule has 1 aromatic carbocycles. The monoisotopic (exact) mass is 388 g/mol. The second-order valence-corrected chi connectivity index (χ2v) is 9.61. The molecule has 2 rings (SSSR count). The van der Waals surface area contributed by atoms with Gasteiger partial charge in [-0.05, 0) is 46.3 Å². The molecule has 1 aromatic rings. The topological polar surface area (TPSA) is 89.6 Å². The molecule has 0 fully saturated rings. The van der Waals surface area contributed by atoms with Crippen molar-refractivity contribution in [2.24, 2.45) is 15.2 Å². The quantitative estimate of drug-likeness (QED) is 0.430. The van der Waals surface area contributed by atoms with Gasteiger partial charge in [0.2, 0.25) is 0 Å². The van der Waals surface area contributed by atoms with Crippen LogP contribution < -0.4 is 0 Å². The SMILES string of the molecule is CC(C)(C)C1=CC(=O)C=C(C(C)(C)C)C1=NS(=O)c1ccc([N+](=O)[O-])cc1. The Labute approximate surface area is 161 Å². The summed E-state index contributed by atoms with van der Waals surface area (Å²) in [6.45, 7) is 11.8. The molecule has 27 heavy (non-hydrogen) atoms. The van der Waals surface area contributed by atoms with Crippen LogP contribution in [-0.2, 0) is 15.8 Å². The van der Waals surface area contributed by atoms with Crippen LogP contribution in [0.1, 0.15) is 41.5 Å². The van der Waals surface area contributed by atoms with Gasteiger partial charge in [0, 0.05) is 12.1 Å². The standard InChI is InChI=1S/C20H24N2O4S/c1-19(2,3)16-11-14(23)12-17(20(4,5)6)18(16)21-27(26)15-9-7-13(8-10-15)22(24)25/h7-12H,1-6H3. The van der Waals surface area contributed by atoms with Crippen LogP contribution >= 0.6 is 0 Å². The van der Waals surface area contributed by atoms with Gasteiger partial charge in [-0.15, -0.1) is 0 Å². The Morgan fingerprint density at radius 3 is 1.74 bits per heavy atom. The van der Waals surface area contributed by atoms with E-state index in [9.17, 15) is 19.1 Å². The molecule has 7 heteroatoms. The minimum absolute atomic E-state index is 0.0720. The van der Waals surface area contributed by atoms with Crippen molar-refractivity contribution < 1.29 is 13.9 Å². The summed E-state index contributed by atoms with van der Waals surface area (Å²) in [6.07, 6.45) is 3.09. The van der Waals surface area contributed by atoms with Gasteiger partial charge in [0.15, 0.2) is 16.8 Å². The van der Waals surface area contributed by atoms with Crippen LogP contribution in [0.4, 0.5) is 5.69 Å². The summed E-state index contributed by atoms with van der Waals surface area (Å²) in [5.41, 5.74) is 1.21. The summed E-state index contributed by atoms with van der Waals surface area (Å²) in [6, 6.07) is 5.48. The van der Waals surface area contributed by atoms with Crippen LogP contribution in [0.5, 0.6) is 0 Å². The first-order chi connectivity index (χ1) is 12.3. The summed E-state index contributed by atoms with van der Waals surface area (Å²) in [7, 11) is -1.75. The van der Waals surface area contributed by atoms with Crippen molar-refractivity contribution in [3.63, 3.8) is 0 Å². The fraction of sp³-hybridized carbons (Fsp3) is 0.400. The number of ketones is 1. The number of nitrogens with zero attached hydrogens (tertiary/aromatic N) is 2. The van der Waals surface area contributed by atoms with E-state index in [1.54, 1.807) is 12.2 Å². The van der Waals surface area contributed by atoms with Gasteiger partial charge < -0.3 is 0 Å². The second-order valence-electron chi connectivity index (χ2n) is 8.46. The maximum Gasteiger partial charge on any atom is 0.269 e. The van der Waals surface area contributed by atoms with E-state index >= 15 is 0 Å². The van der Waals surface area contributed by atoms with Crippen molar-refractivity contribution in [1.29, 1.82) is 0 Å². The summed E-state index contributed by atoms with van der Waals surface area (Å²) in [5, 5.41) is 10.8. The first kappa shape index (κ1) is 20.9. The molecular weight excluding hydrogens is 364 g/mol. The minimum atomic E-state index is -1.75. The van der Waals surface area contributed by atoms with E-state index in [0.717, 1.165) is 11.1 Å². The predicted molar refractivity (Wildman–Crippen MR) is 107 cm³/mol. The van der Waals surface area contributed by atoms with Gasteiger partial charge in [0.05, 0.1) is 15.5 Å². The molecule has 0 aromatic heterocycles. The third kappa shape index (κ3) is 4.86. The molecule has 0 radical (unpaired) electrons. The first-order valence-electron chi connectivity index (χ1n) is 8.55. The Morgan fingerprint density at radius 1 is 0.926 bits per heavy atom. The lowest BCUT2D eigenvalue weighted by atomic mass is 9.72. The number of non-ortho nitro benzene ring substituents is 1. The molecule has 0 aliphatic heterocycles. The van der Waals surface area contributed by atoms with Gasteiger partial charge in [0.25, 0.3) is 5.69 Å². The predicted octanol–water partition coefficient (Wildman–Crippen LogP) is 4.59. The van der Waals surface area contributed by atoms with Crippen LogP contribution in [-0.4, -0.2) is 20.6 Å². The van der Waals surface area contributed by atoms with Crippen molar-refractivity contribution in [1.82, 2.24) is 0 Å². The summed E-state index contributed by atoms with van der Waals surface area (Å²) in [5.74, 6) is -0.107. The van der Waals surface area contributed by atoms with E-state index in [2.05, 4.69) is 4.40 Å². The Kier molecular flexibility index (Phi) is 5.65. The Hall–Kier alpha value is -2.41. The van der Waals surface area contributed by atoms with Crippen molar-refractivity contribution in [2.75, 3.05) is 0 Å². The Bertz CT molecular complexity index is 859. The first-order valence-corrected chi connectivity index (χ1v) is 9.65. The molecule has 1 aliphatic carbocycles. The average Bonchev–Trinajstić information content (AvgIpc) is 2.54. The lowest BCUT2D eigenvalue weighted by molar-refractivity contribution is -0.384. The molecule has 1 unspecified atom stereocenters. The van der Waals surface area contributed by atoms with Crippen molar-refractivity contribution in [3.05, 3.63) is 57.7 Å². The minimum Gasteiger partial charge on any atom is -0.290 e. The van der Waals surface area contributed by atoms with Gasteiger partial charge >= 0.3 is 0 Å². The normalized spacial score (nSPS) is 16.5. The van der Waals surface area contributed by atoms with Gasteiger partial charge in [-0.2, -0.15) is 4.40 Å². The molecular formula is C20H24N2O4S. The highest BCUT2D eigenvalue weighted by molar-refractivity contribution is 7.84. The average molecular weight is 388 g/mol. The molecule has 0 saturated carbocycles. The fourth-order valence-electron chi connectivity index (χ4n) is 2.67. The Morgan fingerprint density at radius 2 is 1.37 bits per heavy atom. The Balaban J connectivity index is 2.56. The zero-order valence-corrected chi connectivity index (χ0v) is 17.2. The fourth-order valence-corrected chi connectivity index (χ4v) is 3.51. The third-order valence-corrected chi connectivity index (χ3v) is 5.15. The third-order valence-electron chi connectivity index (χ3n) is 4.12. The molecule has 0 heterocycles. The number of carbonyl (C=O) groups is 1. The van der Waals surface area contributed by atoms with Crippen molar-refractivity contribution in [3.8, 4) is 0 Å². The number of allylic oxidation sites excluding steroid dienone is 4. The van der Waals surface area contributed by atoms with Gasteiger partial charge in [0.1, 0.15) is 0 Å². The number of nitro groups is 1. The van der Waals surface area contributed by atoms with Crippen LogP contribution in [0.25, 0.3) is 0 Å². The number of hydrogen-bond acceptors (Lipinski definition) is 4. The lowest BCUT2D eigenvalue weighted by Crippen LogP contribution is -2.30. The molecule has 1 atom stereocenters. The molecule has 1 aliphatic rings. The van der Waals surface area contributed by atoms with Crippen LogP contribution in [0, 0.1) is 20.9 Å². The van der Waals surface area contributed by atoms with Crippen molar-refractivity contribution in [2.45, 2.75) is 46.4 Å². The number of nitro benzene ring substituents is 1. The van der Waals surface area contributed by atoms with Crippen LogP contribution in [0.15, 0.2) is 56.9 Å². The maximum absolute atomic E-state index is 12.8. The lowest BCUT2D eigenvalue weighted by Gasteiger charge is -2.32. The largest absolute Gasteiger partial charge is 0.290 e. The van der Waals surface area contributed by atoms with Gasteiger partial charge in [-0.3, -0.25) is 14.9 Å². The van der Waals surface area contributed by atoms with Gasteiger partial charge in [-0.1, -0.05) is 41.5 Å². The van der Waals surface area contributed by atoms with E-state index in [1.807, 2.05) is 41.5 Å². The number of carbonyl (C=O) groups excluding carboxylic acids is 1. The molecule has 6 nitrogen and oxygen atoms in total. The molecule has 144 valence electrons. The zero-order valence-electron chi connectivity index (χ0n) is 16.4. The molecule has 0 bridgehead atoms. The van der Waals surface area contributed by atoms with E-state index in [1.165, 1.54) is 24.3 Å². The van der Waals surface area contributed by atoms with E-state index in [-0.39, 0.29) is 22.3 Å². The second kappa shape index (κ2) is 7.31. The summed E-state index contributed by atoms with van der Waals surface area (Å²) < 4.78 is 17.3. The highest BCUT2D eigenvalue weighted by Crippen LogP contribution is 2.38. The number of hydrogen-bond donors (Lipinski definition) is 0. The molecule has 0 N–H and O–H groups in total. The zero-order chi connectivity index (χ0) is 20.6. The van der Waals surface area contributed by atoms with Crippen LogP contribution in [0.3, 0.4) is 0 Å². The van der Waals surface area contributed by atoms with Gasteiger partial charge in [-0.25, -0.2) is 4.21 Å². The van der Waals surface area contributed by atoms with E-state index in [4.69, 9.17) is 0 Å². The number of benzene rings is 1. The van der Waals surface area contributed by atoms with E-state index < -0.39 is 15.9 Å². The molecule has 0 spiro atoms. The smallest absolute Gasteiger partial charge is 0.269 e. The van der Waals surface area contributed by atoms with Crippen molar-refractivity contribution >= 4 is 28.2 Å². The van der Waals surface area contributed by atoms with Crippen LogP contribution in [0.2, 0.25) is 0 Å². The molecule has 0 amide bonds. The highest BCUT2D eigenvalue weighted by atomic mass is 32.2. The molecule has 0 saturated heterocycles.